The number of ether oxygens (including phenoxy) is 1. The van der Waals surface area contributed by atoms with Crippen LogP contribution in [0, 0.1) is 17.5 Å². The molecule has 27 heavy (non-hydrogen) atoms. The number of hydrogen-bond acceptors (Lipinski definition) is 4. The molecule has 0 aromatic heterocycles. The van der Waals surface area contributed by atoms with E-state index in [1.165, 1.54) is 0 Å². The number of anilines is 1. The number of nitrogens with one attached hydrogen (secondary N) is 2. The van der Waals surface area contributed by atoms with E-state index in [9.17, 15) is 27.6 Å². The van der Waals surface area contributed by atoms with Gasteiger partial charge in [-0.25, -0.2) is 18.0 Å². The molecule has 0 radical (unpaired) electrons. The fraction of sp³-hybridized carbons (Fsp3) is 0.118. The number of esters is 1. The molecule has 2 N–H and O–H groups in total. The summed E-state index contributed by atoms with van der Waals surface area (Å²) in [6.07, 6.45) is 0. The van der Waals surface area contributed by atoms with Crippen molar-refractivity contribution in [3.05, 3.63) is 64.4 Å². The van der Waals surface area contributed by atoms with Crippen molar-refractivity contribution in [3.8, 4) is 0 Å². The summed E-state index contributed by atoms with van der Waals surface area (Å²) in [4.78, 5) is 35.0. The van der Waals surface area contributed by atoms with E-state index < -0.39 is 48.4 Å². The highest BCUT2D eigenvalue weighted by molar-refractivity contribution is 6.33. The van der Waals surface area contributed by atoms with E-state index in [1.807, 2.05) is 0 Å². The zero-order chi connectivity index (χ0) is 20.0. The van der Waals surface area contributed by atoms with E-state index >= 15 is 0 Å². The summed E-state index contributed by atoms with van der Waals surface area (Å²) in [6, 6.07) is 5.79. The molecular formula is C17H12ClF3N2O4. The minimum absolute atomic E-state index is 0.00512. The number of amides is 2. The maximum atomic E-state index is 13.0. The average Bonchev–Trinajstić information content (AvgIpc) is 2.61. The van der Waals surface area contributed by atoms with Crippen LogP contribution in [0.2, 0.25) is 5.02 Å². The smallest absolute Gasteiger partial charge is 0.340 e. The molecule has 0 aliphatic rings. The number of hydrogen-bond donors (Lipinski definition) is 2. The van der Waals surface area contributed by atoms with E-state index in [0.717, 1.165) is 36.4 Å². The highest BCUT2D eigenvalue weighted by Crippen LogP contribution is 2.18. The van der Waals surface area contributed by atoms with Gasteiger partial charge < -0.3 is 15.4 Å². The summed E-state index contributed by atoms with van der Waals surface area (Å²) in [6.45, 7) is -1.20. The van der Waals surface area contributed by atoms with Crippen molar-refractivity contribution in [2.45, 2.75) is 0 Å². The topological polar surface area (TPSA) is 84.5 Å². The second-order valence-corrected chi connectivity index (χ2v) is 5.56. The summed E-state index contributed by atoms with van der Waals surface area (Å²) < 4.78 is 43.5. The molecule has 2 rings (SSSR count). The number of benzene rings is 2. The van der Waals surface area contributed by atoms with Crippen LogP contribution >= 0.6 is 11.6 Å². The average molecular weight is 401 g/mol. The van der Waals surface area contributed by atoms with Gasteiger partial charge >= 0.3 is 5.97 Å². The normalized spacial score (nSPS) is 10.2. The van der Waals surface area contributed by atoms with E-state index in [2.05, 4.69) is 10.6 Å². The fourth-order valence-corrected chi connectivity index (χ4v) is 2.12. The zero-order valence-electron chi connectivity index (χ0n) is 13.5. The highest BCUT2D eigenvalue weighted by atomic mass is 35.5. The molecule has 10 heteroatoms. The third-order valence-corrected chi connectivity index (χ3v) is 3.45. The van der Waals surface area contributed by atoms with E-state index in [0.29, 0.717) is 0 Å². The van der Waals surface area contributed by atoms with Gasteiger partial charge in [-0.1, -0.05) is 11.6 Å². The van der Waals surface area contributed by atoms with Crippen molar-refractivity contribution in [3.63, 3.8) is 0 Å². The molecular weight excluding hydrogens is 389 g/mol. The van der Waals surface area contributed by atoms with Gasteiger partial charge in [0.05, 0.1) is 17.1 Å². The van der Waals surface area contributed by atoms with Gasteiger partial charge in [0.15, 0.2) is 18.2 Å². The van der Waals surface area contributed by atoms with E-state index in [1.54, 1.807) is 0 Å². The first-order chi connectivity index (χ1) is 12.8. The predicted octanol–water partition coefficient (Wildman–Crippen LogP) is 2.67. The number of rotatable bonds is 6. The SMILES string of the molecule is O=C(COC(=O)c1ccc(F)cc1Cl)NCC(=O)Nc1ccc(F)c(F)c1. The monoisotopic (exact) mass is 400 g/mol. The van der Waals surface area contributed by atoms with Crippen LogP contribution in [0.3, 0.4) is 0 Å². The van der Waals surface area contributed by atoms with Crippen molar-refractivity contribution in [1.29, 1.82) is 0 Å². The van der Waals surface area contributed by atoms with Gasteiger partial charge in [0, 0.05) is 11.8 Å². The molecule has 0 aliphatic carbocycles. The van der Waals surface area contributed by atoms with Crippen molar-refractivity contribution in [2.24, 2.45) is 0 Å². The van der Waals surface area contributed by atoms with Gasteiger partial charge in [0.1, 0.15) is 5.82 Å². The summed E-state index contributed by atoms with van der Waals surface area (Å²) >= 11 is 5.70. The Morgan fingerprint density at radius 2 is 1.70 bits per heavy atom. The van der Waals surface area contributed by atoms with Crippen molar-refractivity contribution in [1.82, 2.24) is 5.32 Å². The van der Waals surface area contributed by atoms with Crippen molar-refractivity contribution >= 4 is 35.1 Å². The number of halogens is 4. The van der Waals surface area contributed by atoms with E-state index in [-0.39, 0.29) is 16.3 Å². The van der Waals surface area contributed by atoms with Crippen LogP contribution in [0.5, 0.6) is 0 Å². The van der Waals surface area contributed by atoms with Gasteiger partial charge in [-0.05, 0) is 30.3 Å². The Labute approximate surface area is 156 Å². The maximum absolute atomic E-state index is 13.0. The minimum Gasteiger partial charge on any atom is -0.452 e. The van der Waals surface area contributed by atoms with Crippen LogP contribution in [0.25, 0.3) is 0 Å². The van der Waals surface area contributed by atoms with Gasteiger partial charge in [-0.2, -0.15) is 0 Å². The Balaban J connectivity index is 1.77. The van der Waals surface area contributed by atoms with Gasteiger partial charge in [0.2, 0.25) is 5.91 Å². The summed E-state index contributed by atoms with van der Waals surface area (Å²) in [5, 5.41) is 4.24. The Kier molecular flexibility index (Phi) is 6.78. The number of carbonyl (C=O) groups excluding carboxylic acids is 3. The third-order valence-electron chi connectivity index (χ3n) is 3.13. The molecule has 0 bridgehead atoms. The predicted molar refractivity (Wildman–Crippen MR) is 89.7 cm³/mol. The second kappa shape index (κ2) is 9.04. The first-order valence-corrected chi connectivity index (χ1v) is 7.78. The molecule has 0 fully saturated rings. The van der Waals surface area contributed by atoms with Crippen LogP contribution in [0.4, 0.5) is 18.9 Å². The molecule has 0 unspecified atom stereocenters. The Bertz CT molecular complexity index is 892. The standard InChI is InChI=1S/C17H12ClF3N2O4/c18-12-5-9(19)1-3-11(12)17(26)27-8-16(25)22-7-15(24)23-10-2-4-13(20)14(21)6-10/h1-6H,7-8H2,(H,22,25)(H,23,24). The summed E-state index contributed by atoms with van der Waals surface area (Å²) in [7, 11) is 0. The van der Waals surface area contributed by atoms with Crippen LogP contribution < -0.4 is 10.6 Å². The molecule has 2 aromatic carbocycles. The lowest BCUT2D eigenvalue weighted by Gasteiger charge is -2.08. The first-order valence-electron chi connectivity index (χ1n) is 7.40. The van der Waals surface area contributed by atoms with Gasteiger partial charge in [-0.15, -0.1) is 0 Å². The molecule has 0 heterocycles. The highest BCUT2D eigenvalue weighted by Gasteiger charge is 2.15. The molecule has 6 nitrogen and oxygen atoms in total. The quantitative estimate of drug-likeness (QED) is 0.730. The molecule has 0 spiro atoms. The molecule has 0 saturated carbocycles. The zero-order valence-corrected chi connectivity index (χ0v) is 14.3. The molecule has 2 aromatic rings. The van der Waals surface area contributed by atoms with E-state index in [4.69, 9.17) is 16.3 Å². The summed E-state index contributed by atoms with van der Waals surface area (Å²) in [5.74, 6) is -5.28. The Morgan fingerprint density at radius 3 is 2.37 bits per heavy atom. The molecule has 0 atom stereocenters. The lowest BCUT2D eigenvalue weighted by molar-refractivity contribution is -0.126. The van der Waals surface area contributed by atoms with Crippen molar-refractivity contribution < 1.29 is 32.3 Å². The van der Waals surface area contributed by atoms with Crippen molar-refractivity contribution in [2.75, 3.05) is 18.5 Å². The second-order valence-electron chi connectivity index (χ2n) is 5.15. The number of carbonyl (C=O) groups is 3. The molecule has 0 aliphatic heterocycles. The Morgan fingerprint density at radius 1 is 0.963 bits per heavy atom. The fourth-order valence-electron chi connectivity index (χ4n) is 1.87. The van der Waals surface area contributed by atoms with Gasteiger partial charge in [0.25, 0.3) is 5.91 Å². The van der Waals surface area contributed by atoms with Gasteiger partial charge in [-0.3, -0.25) is 9.59 Å². The third kappa shape index (κ3) is 6.00. The lowest BCUT2D eigenvalue weighted by Crippen LogP contribution is -2.35. The van der Waals surface area contributed by atoms with Crippen LogP contribution in [-0.4, -0.2) is 30.9 Å². The van der Waals surface area contributed by atoms with Crippen LogP contribution in [0.1, 0.15) is 10.4 Å². The largest absolute Gasteiger partial charge is 0.452 e. The first kappa shape index (κ1) is 20.2. The van der Waals surface area contributed by atoms with Crippen LogP contribution in [0.15, 0.2) is 36.4 Å². The molecule has 0 saturated heterocycles. The molecule has 142 valence electrons. The van der Waals surface area contributed by atoms with Crippen LogP contribution in [-0.2, 0) is 14.3 Å². The minimum atomic E-state index is -1.14. The Hall–Kier alpha value is -3.07. The summed E-state index contributed by atoms with van der Waals surface area (Å²) in [5.41, 5.74) is -0.118. The molecule has 2 amide bonds. The lowest BCUT2D eigenvalue weighted by atomic mass is 10.2. The maximum Gasteiger partial charge on any atom is 0.340 e.